The summed E-state index contributed by atoms with van der Waals surface area (Å²) in [7, 11) is 1.91. The topological polar surface area (TPSA) is 118 Å². The number of carbonyl (C=O) groups is 2. The molecule has 2 aliphatic carbocycles. The SMILES string of the molecule is Cn1cncc1C1(NC(=O)C2CC(O)CN2C(=O)[C@@H](n2cc(C3CC3)nn2)C(C)(C)C)CC1. The lowest BCUT2D eigenvalue weighted by Crippen LogP contribution is -2.52. The molecule has 33 heavy (non-hydrogen) atoms. The van der Waals surface area contributed by atoms with E-state index in [0.29, 0.717) is 5.92 Å². The van der Waals surface area contributed by atoms with E-state index in [1.54, 1.807) is 17.2 Å². The van der Waals surface area contributed by atoms with Gasteiger partial charge in [0.15, 0.2) is 0 Å². The number of rotatable bonds is 6. The highest BCUT2D eigenvalue weighted by Gasteiger charge is 2.51. The number of nitrogens with one attached hydrogen (secondary N) is 1. The quantitative estimate of drug-likeness (QED) is 0.677. The van der Waals surface area contributed by atoms with Gasteiger partial charge in [0.1, 0.15) is 12.1 Å². The molecule has 1 aliphatic heterocycles. The number of aryl methyl sites for hydroxylation is 1. The van der Waals surface area contributed by atoms with E-state index in [1.807, 2.05) is 38.6 Å². The third-order valence-electron chi connectivity index (χ3n) is 7.13. The van der Waals surface area contributed by atoms with Crippen LogP contribution >= 0.6 is 0 Å². The molecule has 0 aromatic carbocycles. The number of nitrogens with zero attached hydrogens (tertiary/aromatic N) is 6. The normalized spacial score (nSPS) is 25.2. The van der Waals surface area contributed by atoms with Crippen LogP contribution in [0, 0.1) is 5.41 Å². The van der Waals surface area contributed by atoms with Gasteiger partial charge >= 0.3 is 0 Å². The zero-order valence-corrected chi connectivity index (χ0v) is 19.7. The molecular weight excluding hydrogens is 422 g/mol. The fourth-order valence-electron chi connectivity index (χ4n) is 5.03. The van der Waals surface area contributed by atoms with Gasteiger partial charge in [0.05, 0.1) is 35.6 Å². The molecule has 2 amide bonds. The molecule has 10 nitrogen and oxygen atoms in total. The summed E-state index contributed by atoms with van der Waals surface area (Å²) < 4.78 is 3.56. The standard InChI is InChI=1S/C23H33N7O3/c1-22(2,3)19(30-12-16(26-27-30)14-5-6-14)21(33)29-11-15(31)9-17(29)20(32)25-23(7-8-23)18-10-24-13-28(18)4/h10,12-15,17,19,31H,5-9,11H2,1-4H3,(H,25,32)/t15?,17?,19-/m1/s1. The maximum atomic E-state index is 13.8. The predicted molar refractivity (Wildman–Crippen MR) is 119 cm³/mol. The van der Waals surface area contributed by atoms with Crippen LogP contribution in [0.4, 0.5) is 0 Å². The molecule has 2 saturated carbocycles. The molecule has 2 unspecified atom stereocenters. The molecule has 3 fully saturated rings. The summed E-state index contributed by atoms with van der Waals surface area (Å²) >= 11 is 0. The van der Waals surface area contributed by atoms with Crippen LogP contribution in [-0.4, -0.2) is 65.1 Å². The molecule has 1 saturated heterocycles. The van der Waals surface area contributed by atoms with E-state index in [-0.39, 0.29) is 24.8 Å². The Balaban J connectivity index is 1.38. The number of hydrogen-bond donors (Lipinski definition) is 2. The van der Waals surface area contributed by atoms with Crippen molar-refractivity contribution < 1.29 is 14.7 Å². The molecule has 2 N–H and O–H groups in total. The summed E-state index contributed by atoms with van der Waals surface area (Å²) in [5.41, 5.74) is 0.973. The second-order valence-corrected chi connectivity index (χ2v) is 11.0. The zero-order chi connectivity index (χ0) is 23.5. The van der Waals surface area contributed by atoms with Gasteiger partial charge in [-0.25, -0.2) is 9.67 Å². The Morgan fingerprint density at radius 1 is 1.27 bits per heavy atom. The van der Waals surface area contributed by atoms with Crippen molar-refractivity contribution in [2.75, 3.05) is 6.54 Å². The molecule has 0 radical (unpaired) electrons. The van der Waals surface area contributed by atoms with Crippen molar-refractivity contribution in [3.63, 3.8) is 0 Å². The van der Waals surface area contributed by atoms with Crippen molar-refractivity contribution in [3.05, 3.63) is 30.1 Å². The Bertz CT molecular complexity index is 1060. The molecule has 0 spiro atoms. The molecule has 2 aromatic rings. The number of aliphatic hydroxyl groups is 1. The number of imidazole rings is 1. The first-order chi connectivity index (χ1) is 15.6. The molecule has 178 valence electrons. The van der Waals surface area contributed by atoms with E-state index in [0.717, 1.165) is 37.1 Å². The highest BCUT2D eigenvalue weighted by molar-refractivity contribution is 5.90. The van der Waals surface area contributed by atoms with Crippen molar-refractivity contribution in [2.45, 2.75) is 82.5 Å². The van der Waals surface area contributed by atoms with Gasteiger partial charge in [-0.2, -0.15) is 0 Å². The van der Waals surface area contributed by atoms with E-state index in [1.165, 1.54) is 4.90 Å². The van der Waals surface area contributed by atoms with Crippen LogP contribution in [0.15, 0.2) is 18.7 Å². The van der Waals surface area contributed by atoms with Crippen molar-refractivity contribution in [2.24, 2.45) is 12.5 Å². The monoisotopic (exact) mass is 455 g/mol. The number of carbonyl (C=O) groups excluding carboxylic acids is 2. The first-order valence-corrected chi connectivity index (χ1v) is 11.8. The molecule has 3 aliphatic rings. The minimum atomic E-state index is -0.741. The Hall–Kier alpha value is -2.75. The number of amides is 2. The highest BCUT2D eigenvalue weighted by Crippen LogP contribution is 2.45. The molecule has 5 rings (SSSR count). The van der Waals surface area contributed by atoms with Crippen LogP contribution < -0.4 is 5.32 Å². The number of aromatic nitrogens is 5. The van der Waals surface area contributed by atoms with Gasteiger partial charge in [-0.05, 0) is 31.1 Å². The van der Waals surface area contributed by atoms with Crippen molar-refractivity contribution in [1.82, 2.24) is 34.8 Å². The smallest absolute Gasteiger partial charge is 0.248 e. The first-order valence-electron chi connectivity index (χ1n) is 11.8. The fraction of sp³-hybridized carbons (Fsp3) is 0.696. The largest absolute Gasteiger partial charge is 0.391 e. The number of β-amino-alcohol motifs (C(OH)–C–C–N with tert-alkyl or cyclic N) is 1. The molecular formula is C23H33N7O3. The Kier molecular flexibility index (Phi) is 5.11. The van der Waals surface area contributed by atoms with E-state index in [2.05, 4.69) is 20.6 Å². The Labute approximate surface area is 193 Å². The lowest BCUT2D eigenvalue weighted by molar-refractivity contribution is -0.144. The van der Waals surface area contributed by atoms with Crippen LogP contribution in [0.1, 0.15) is 76.2 Å². The van der Waals surface area contributed by atoms with E-state index >= 15 is 0 Å². The minimum absolute atomic E-state index is 0.131. The summed E-state index contributed by atoms with van der Waals surface area (Å²) in [6.07, 6.45) is 8.71. The average molecular weight is 456 g/mol. The van der Waals surface area contributed by atoms with Crippen LogP contribution in [0.25, 0.3) is 0 Å². The molecule has 2 aromatic heterocycles. The number of likely N-dealkylation sites (tertiary alicyclic amines) is 1. The number of aliphatic hydroxyl groups excluding tert-OH is 1. The van der Waals surface area contributed by atoms with Crippen LogP contribution in [0.5, 0.6) is 0 Å². The van der Waals surface area contributed by atoms with Gasteiger partial charge in [-0.1, -0.05) is 26.0 Å². The summed E-state index contributed by atoms with van der Waals surface area (Å²) in [5.74, 6) is -0.0105. The Morgan fingerprint density at radius 2 is 2.00 bits per heavy atom. The lowest BCUT2D eigenvalue weighted by atomic mass is 9.85. The average Bonchev–Trinajstić information content (AvgIpc) is 3.58. The van der Waals surface area contributed by atoms with Gasteiger partial charge in [-0.15, -0.1) is 5.10 Å². The van der Waals surface area contributed by atoms with Gasteiger partial charge in [0.25, 0.3) is 0 Å². The maximum Gasteiger partial charge on any atom is 0.248 e. The number of hydrogen-bond acceptors (Lipinski definition) is 6. The molecule has 3 atom stereocenters. The summed E-state index contributed by atoms with van der Waals surface area (Å²) in [6.45, 7) is 6.08. The molecule has 3 heterocycles. The second kappa shape index (κ2) is 7.65. The van der Waals surface area contributed by atoms with Crippen molar-refractivity contribution >= 4 is 11.8 Å². The third-order valence-corrected chi connectivity index (χ3v) is 7.13. The van der Waals surface area contributed by atoms with Crippen molar-refractivity contribution in [3.8, 4) is 0 Å². The molecule has 10 heteroatoms. The van der Waals surface area contributed by atoms with Crippen LogP contribution in [0.2, 0.25) is 0 Å². The first kappa shape index (κ1) is 22.1. The summed E-state index contributed by atoms with van der Waals surface area (Å²) in [5, 5.41) is 22.2. The van der Waals surface area contributed by atoms with Crippen molar-refractivity contribution in [1.29, 1.82) is 0 Å². The lowest BCUT2D eigenvalue weighted by Gasteiger charge is -2.35. The van der Waals surface area contributed by atoms with Crippen LogP contribution in [0.3, 0.4) is 0 Å². The maximum absolute atomic E-state index is 13.8. The fourth-order valence-corrected chi connectivity index (χ4v) is 5.03. The highest BCUT2D eigenvalue weighted by atomic mass is 16.3. The van der Waals surface area contributed by atoms with Gasteiger partial charge in [0.2, 0.25) is 11.8 Å². The minimum Gasteiger partial charge on any atom is -0.391 e. The summed E-state index contributed by atoms with van der Waals surface area (Å²) in [4.78, 5) is 33.0. The van der Waals surface area contributed by atoms with Gasteiger partial charge in [-0.3, -0.25) is 9.59 Å². The summed E-state index contributed by atoms with van der Waals surface area (Å²) in [6, 6.07) is -1.35. The van der Waals surface area contributed by atoms with E-state index in [9.17, 15) is 14.7 Å². The Morgan fingerprint density at radius 3 is 2.58 bits per heavy atom. The van der Waals surface area contributed by atoms with E-state index < -0.39 is 29.1 Å². The predicted octanol–water partition coefficient (Wildman–Crippen LogP) is 1.24. The van der Waals surface area contributed by atoms with E-state index in [4.69, 9.17) is 0 Å². The van der Waals surface area contributed by atoms with Gasteiger partial charge in [0, 0.05) is 32.1 Å². The zero-order valence-electron chi connectivity index (χ0n) is 19.7. The van der Waals surface area contributed by atoms with Gasteiger partial charge < -0.3 is 19.9 Å². The third kappa shape index (κ3) is 4.05. The molecule has 0 bridgehead atoms. The second-order valence-electron chi connectivity index (χ2n) is 11.0. The van der Waals surface area contributed by atoms with Crippen LogP contribution in [-0.2, 0) is 22.2 Å².